The lowest BCUT2D eigenvalue weighted by molar-refractivity contribution is -0.116. The Bertz CT molecular complexity index is 494. The van der Waals surface area contributed by atoms with Gasteiger partial charge in [0.15, 0.2) is 0 Å². The molecule has 0 radical (unpaired) electrons. The molecule has 0 saturated heterocycles. The highest BCUT2D eigenvalue weighted by molar-refractivity contribution is 6.18. The highest BCUT2D eigenvalue weighted by atomic mass is 35.5. The number of nitrogens with one attached hydrogen (secondary N) is 1. The second-order valence-corrected chi connectivity index (χ2v) is 4.02. The van der Waals surface area contributed by atoms with E-state index in [0.717, 1.165) is 13.2 Å². The predicted molar refractivity (Wildman–Crippen MR) is 66.3 cm³/mol. The Morgan fingerprint density at radius 1 is 1.32 bits per heavy atom. The van der Waals surface area contributed by atoms with Crippen molar-refractivity contribution in [1.29, 1.82) is 0 Å². The van der Waals surface area contributed by atoms with Gasteiger partial charge in [-0.2, -0.15) is 0 Å². The quantitative estimate of drug-likeness (QED) is 0.670. The third-order valence-electron chi connectivity index (χ3n) is 2.27. The van der Waals surface area contributed by atoms with Crippen molar-refractivity contribution < 1.29 is 23.1 Å². The lowest BCUT2D eigenvalue weighted by Crippen LogP contribution is -2.14. The minimum atomic E-state index is -1.05. The Morgan fingerprint density at radius 2 is 2.00 bits per heavy atom. The van der Waals surface area contributed by atoms with Crippen LogP contribution in [0.3, 0.4) is 0 Å². The number of amides is 1. The number of benzene rings is 1. The second kappa shape index (κ2) is 7.04. The zero-order valence-electron chi connectivity index (χ0n) is 10.1. The summed E-state index contributed by atoms with van der Waals surface area (Å²) in [4.78, 5) is 22.7. The molecule has 1 rings (SSSR count). The summed E-state index contributed by atoms with van der Waals surface area (Å²) in [7, 11) is 1.07. The van der Waals surface area contributed by atoms with E-state index in [9.17, 15) is 18.4 Å². The zero-order valence-corrected chi connectivity index (χ0v) is 10.9. The first-order valence-corrected chi connectivity index (χ1v) is 5.96. The number of hydrogen-bond acceptors (Lipinski definition) is 3. The molecule has 0 aliphatic heterocycles. The average molecular weight is 292 g/mol. The maximum Gasteiger partial charge on any atom is 0.340 e. The van der Waals surface area contributed by atoms with Gasteiger partial charge in [-0.3, -0.25) is 4.79 Å². The van der Waals surface area contributed by atoms with Gasteiger partial charge in [0.25, 0.3) is 0 Å². The maximum atomic E-state index is 13.4. The minimum Gasteiger partial charge on any atom is -0.465 e. The van der Waals surface area contributed by atoms with E-state index in [1.807, 2.05) is 0 Å². The van der Waals surface area contributed by atoms with Crippen molar-refractivity contribution in [2.24, 2.45) is 0 Å². The van der Waals surface area contributed by atoms with Gasteiger partial charge in [-0.1, -0.05) is 0 Å². The van der Waals surface area contributed by atoms with Crippen LogP contribution in [0.5, 0.6) is 0 Å². The number of carbonyl (C=O) groups excluding carboxylic acids is 2. The molecule has 1 aromatic carbocycles. The van der Waals surface area contributed by atoms with E-state index in [2.05, 4.69) is 10.1 Å². The second-order valence-electron chi connectivity index (χ2n) is 3.64. The van der Waals surface area contributed by atoms with Crippen LogP contribution in [0.25, 0.3) is 0 Å². The molecule has 0 spiro atoms. The molecular weight excluding hydrogens is 280 g/mol. The molecule has 0 aromatic heterocycles. The third-order valence-corrected chi connectivity index (χ3v) is 2.54. The van der Waals surface area contributed by atoms with Crippen molar-refractivity contribution in [2.45, 2.75) is 12.8 Å². The molecule has 0 unspecified atom stereocenters. The van der Waals surface area contributed by atoms with Crippen molar-refractivity contribution in [3.63, 3.8) is 0 Å². The van der Waals surface area contributed by atoms with Crippen LogP contribution in [0, 0.1) is 11.6 Å². The predicted octanol–water partition coefficient (Wildman–Crippen LogP) is 2.71. The molecule has 0 fully saturated rings. The van der Waals surface area contributed by atoms with Gasteiger partial charge in [0, 0.05) is 18.4 Å². The summed E-state index contributed by atoms with van der Waals surface area (Å²) < 4.78 is 31.1. The molecule has 0 saturated carbocycles. The topological polar surface area (TPSA) is 55.4 Å². The van der Waals surface area contributed by atoms with Crippen LogP contribution in [0.1, 0.15) is 23.2 Å². The number of rotatable bonds is 5. The van der Waals surface area contributed by atoms with Crippen LogP contribution in [0.4, 0.5) is 14.5 Å². The van der Waals surface area contributed by atoms with E-state index >= 15 is 0 Å². The number of alkyl halides is 1. The molecule has 19 heavy (non-hydrogen) atoms. The normalized spacial score (nSPS) is 10.1. The van der Waals surface area contributed by atoms with Gasteiger partial charge >= 0.3 is 5.97 Å². The Labute approximate surface area is 113 Å². The van der Waals surface area contributed by atoms with Crippen LogP contribution >= 0.6 is 11.6 Å². The molecule has 0 aliphatic carbocycles. The van der Waals surface area contributed by atoms with Gasteiger partial charge in [-0.15, -0.1) is 11.6 Å². The highest BCUT2D eigenvalue weighted by Gasteiger charge is 2.17. The summed E-state index contributed by atoms with van der Waals surface area (Å²) in [5, 5.41) is 2.24. The lowest BCUT2D eigenvalue weighted by atomic mass is 10.1. The van der Waals surface area contributed by atoms with Gasteiger partial charge in [-0.25, -0.2) is 13.6 Å². The van der Waals surface area contributed by atoms with Crippen molar-refractivity contribution in [3.05, 3.63) is 29.3 Å². The van der Waals surface area contributed by atoms with E-state index in [4.69, 9.17) is 11.6 Å². The number of hydrogen-bond donors (Lipinski definition) is 1. The van der Waals surface area contributed by atoms with Crippen molar-refractivity contribution >= 4 is 29.2 Å². The number of halogens is 3. The number of esters is 1. The molecule has 4 nitrogen and oxygen atoms in total. The van der Waals surface area contributed by atoms with Gasteiger partial charge in [-0.05, 0) is 12.5 Å². The number of anilines is 1. The summed E-state index contributed by atoms with van der Waals surface area (Å²) in [5.74, 6) is -3.14. The van der Waals surface area contributed by atoms with Gasteiger partial charge in [0.05, 0.1) is 18.4 Å². The summed E-state index contributed by atoms with van der Waals surface area (Å²) >= 11 is 5.42. The Hall–Kier alpha value is -1.69. The first kappa shape index (κ1) is 15.4. The first-order valence-electron chi connectivity index (χ1n) is 5.42. The van der Waals surface area contributed by atoms with Gasteiger partial charge in [0.2, 0.25) is 5.91 Å². The summed E-state index contributed by atoms with van der Waals surface area (Å²) in [6.07, 6.45) is 0.536. The minimum absolute atomic E-state index is 0.105. The molecular formula is C12H12ClF2NO3. The SMILES string of the molecule is COC(=O)c1cc(NC(=O)CCCCl)c(F)cc1F. The molecule has 1 N–H and O–H groups in total. The Kier molecular flexibility index (Phi) is 5.69. The molecule has 0 bridgehead atoms. The van der Waals surface area contributed by atoms with Crippen molar-refractivity contribution in [3.8, 4) is 0 Å². The lowest BCUT2D eigenvalue weighted by Gasteiger charge is -2.08. The molecule has 0 aliphatic rings. The van der Waals surface area contributed by atoms with E-state index in [-0.39, 0.29) is 12.1 Å². The number of carbonyl (C=O) groups is 2. The summed E-state index contributed by atoms with van der Waals surface area (Å²) in [6, 6.07) is 1.42. The smallest absolute Gasteiger partial charge is 0.340 e. The standard InChI is InChI=1S/C12H12ClF2NO3/c1-19-12(18)7-5-10(9(15)6-8(7)14)16-11(17)3-2-4-13/h5-6H,2-4H2,1H3,(H,16,17). The molecule has 1 aromatic rings. The Morgan fingerprint density at radius 3 is 2.58 bits per heavy atom. The van der Waals surface area contributed by atoms with Crippen molar-refractivity contribution in [1.82, 2.24) is 0 Å². The molecule has 1 amide bonds. The van der Waals surface area contributed by atoms with Crippen molar-refractivity contribution in [2.75, 3.05) is 18.3 Å². The number of methoxy groups -OCH3 is 1. The van der Waals surface area contributed by atoms with E-state index in [0.29, 0.717) is 18.4 Å². The maximum absolute atomic E-state index is 13.4. The van der Waals surface area contributed by atoms with Crippen LogP contribution in [-0.2, 0) is 9.53 Å². The molecule has 0 atom stereocenters. The monoisotopic (exact) mass is 291 g/mol. The fourth-order valence-corrected chi connectivity index (χ4v) is 1.48. The summed E-state index contributed by atoms with van der Waals surface area (Å²) in [5.41, 5.74) is -0.724. The van der Waals surface area contributed by atoms with Gasteiger partial charge in [0.1, 0.15) is 11.6 Å². The van der Waals surface area contributed by atoms with E-state index < -0.39 is 29.1 Å². The van der Waals surface area contributed by atoms with Crippen LogP contribution in [-0.4, -0.2) is 24.9 Å². The van der Waals surface area contributed by atoms with Crippen LogP contribution < -0.4 is 5.32 Å². The molecule has 0 heterocycles. The van der Waals surface area contributed by atoms with E-state index in [1.165, 1.54) is 0 Å². The van der Waals surface area contributed by atoms with Crippen LogP contribution in [0.2, 0.25) is 0 Å². The van der Waals surface area contributed by atoms with E-state index in [1.54, 1.807) is 0 Å². The average Bonchev–Trinajstić information content (AvgIpc) is 2.38. The molecule has 104 valence electrons. The first-order chi connectivity index (χ1) is 8.99. The summed E-state index contributed by atoms with van der Waals surface area (Å²) in [6.45, 7) is 0. The highest BCUT2D eigenvalue weighted by Crippen LogP contribution is 2.20. The fraction of sp³-hybridized carbons (Fsp3) is 0.333. The largest absolute Gasteiger partial charge is 0.465 e. The van der Waals surface area contributed by atoms with Crippen LogP contribution in [0.15, 0.2) is 12.1 Å². The third kappa shape index (κ3) is 4.17. The number of ether oxygens (including phenoxy) is 1. The fourth-order valence-electron chi connectivity index (χ4n) is 1.35. The van der Waals surface area contributed by atoms with Gasteiger partial charge < -0.3 is 10.1 Å². The zero-order chi connectivity index (χ0) is 14.4. The Balaban J connectivity index is 2.95. The molecule has 7 heteroatoms.